The summed E-state index contributed by atoms with van der Waals surface area (Å²) in [5, 5.41) is 10.9. The van der Waals surface area contributed by atoms with E-state index in [2.05, 4.69) is 0 Å². The van der Waals surface area contributed by atoms with Gasteiger partial charge in [0.2, 0.25) is 5.91 Å². The van der Waals surface area contributed by atoms with E-state index in [1.54, 1.807) is 7.05 Å². The number of amides is 1. The lowest BCUT2D eigenvalue weighted by Gasteiger charge is -2.36. The van der Waals surface area contributed by atoms with Gasteiger partial charge in [-0.25, -0.2) is 4.79 Å². The van der Waals surface area contributed by atoms with Gasteiger partial charge in [-0.15, -0.1) is 11.3 Å². The lowest BCUT2D eigenvalue weighted by atomic mass is 10.1. The summed E-state index contributed by atoms with van der Waals surface area (Å²) in [5.41, 5.74) is 0. The molecule has 1 aromatic rings. The van der Waals surface area contributed by atoms with Gasteiger partial charge in [0, 0.05) is 11.9 Å². The molecule has 5 nitrogen and oxygen atoms in total. The Balaban J connectivity index is 2.34. The molecule has 0 bridgehead atoms. The number of thiophene rings is 1. The summed E-state index contributed by atoms with van der Waals surface area (Å²) in [6, 6.07) is 3.11. The smallest absolute Gasteiger partial charge is 0.335 e. The summed E-state index contributed by atoms with van der Waals surface area (Å²) in [4.78, 5) is 24.8. The molecule has 0 aromatic carbocycles. The molecule has 1 N–H and O–H groups in total. The standard InChI is InChI=1S/C10H11NO4S/c1-11-7(12)5-15-9(10(13)14)8(11)6-3-2-4-16-6/h2-4,8-9H,5H2,1H3,(H,13,14). The van der Waals surface area contributed by atoms with Crippen LogP contribution in [0.15, 0.2) is 17.5 Å². The molecule has 2 unspecified atom stereocenters. The molecule has 1 aliphatic heterocycles. The van der Waals surface area contributed by atoms with Crippen LogP contribution in [0.3, 0.4) is 0 Å². The molecule has 2 heterocycles. The van der Waals surface area contributed by atoms with Crippen LogP contribution in [0, 0.1) is 0 Å². The van der Waals surface area contributed by atoms with Gasteiger partial charge in [0.1, 0.15) is 12.6 Å². The summed E-state index contributed by atoms with van der Waals surface area (Å²) < 4.78 is 5.07. The van der Waals surface area contributed by atoms with Gasteiger partial charge in [-0.3, -0.25) is 4.79 Å². The van der Waals surface area contributed by atoms with Crippen LogP contribution in [-0.2, 0) is 14.3 Å². The van der Waals surface area contributed by atoms with Gasteiger partial charge in [-0.1, -0.05) is 6.07 Å². The largest absolute Gasteiger partial charge is 0.479 e. The molecule has 2 rings (SSSR count). The summed E-state index contributed by atoms with van der Waals surface area (Å²) in [5.74, 6) is -1.24. The number of hydrogen-bond donors (Lipinski definition) is 1. The SMILES string of the molecule is CN1C(=O)COC(C(=O)O)C1c1cccs1. The number of nitrogens with zero attached hydrogens (tertiary/aromatic N) is 1. The molecule has 6 heteroatoms. The van der Waals surface area contributed by atoms with Gasteiger partial charge < -0.3 is 14.7 Å². The summed E-state index contributed by atoms with van der Waals surface area (Å²) in [6.07, 6.45) is -0.985. The Kier molecular flexibility index (Phi) is 2.93. The molecule has 1 saturated heterocycles. The van der Waals surface area contributed by atoms with Gasteiger partial charge in [0.05, 0.1) is 0 Å². The van der Waals surface area contributed by atoms with E-state index in [4.69, 9.17) is 9.84 Å². The molecule has 1 aliphatic rings. The van der Waals surface area contributed by atoms with Crippen LogP contribution in [-0.4, -0.2) is 41.6 Å². The Labute approximate surface area is 96.2 Å². The first-order chi connectivity index (χ1) is 7.61. The summed E-state index contributed by atoms with van der Waals surface area (Å²) in [7, 11) is 1.60. The Hall–Kier alpha value is -1.40. The number of aliphatic carboxylic acids is 1. The maximum atomic E-state index is 11.5. The van der Waals surface area contributed by atoms with Crippen molar-refractivity contribution < 1.29 is 19.4 Å². The number of morpholine rings is 1. The summed E-state index contributed by atoms with van der Waals surface area (Å²) in [6.45, 7) is -0.171. The third-order valence-electron chi connectivity index (χ3n) is 2.56. The normalized spacial score (nSPS) is 25.8. The Morgan fingerprint density at radius 2 is 2.44 bits per heavy atom. The van der Waals surface area contributed by atoms with Gasteiger partial charge in [0.25, 0.3) is 0 Å². The van der Waals surface area contributed by atoms with E-state index in [-0.39, 0.29) is 12.5 Å². The van der Waals surface area contributed by atoms with E-state index in [1.165, 1.54) is 16.2 Å². The topological polar surface area (TPSA) is 66.8 Å². The second-order valence-electron chi connectivity index (χ2n) is 3.53. The van der Waals surface area contributed by atoms with Crippen LogP contribution >= 0.6 is 11.3 Å². The summed E-state index contributed by atoms with van der Waals surface area (Å²) >= 11 is 1.42. The highest BCUT2D eigenvalue weighted by molar-refractivity contribution is 7.10. The predicted molar refractivity (Wildman–Crippen MR) is 57.2 cm³/mol. The Morgan fingerprint density at radius 1 is 1.69 bits per heavy atom. The molecule has 16 heavy (non-hydrogen) atoms. The van der Waals surface area contributed by atoms with E-state index >= 15 is 0 Å². The number of carboxylic acids is 1. The number of likely N-dealkylation sites (N-methyl/N-ethyl adjacent to an activating group) is 1. The molecular weight excluding hydrogens is 230 g/mol. The van der Waals surface area contributed by atoms with Crippen LogP contribution in [0.5, 0.6) is 0 Å². The predicted octanol–water partition coefficient (Wildman–Crippen LogP) is 0.731. The zero-order valence-electron chi connectivity index (χ0n) is 8.62. The molecule has 86 valence electrons. The highest BCUT2D eigenvalue weighted by atomic mass is 32.1. The lowest BCUT2D eigenvalue weighted by Crippen LogP contribution is -2.49. The first-order valence-corrected chi connectivity index (χ1v) is 5.62. The zero-order chi connectivity index (χ0) is 11.7. The van der Waals surface area contributed by atoms with Gasteiger partial charge in [0.15, 0.2) is 6.10 Å². The van der Waals surface area contributed by atoms with Crippen LogP contribution in [0.1, 0.15) is 10.9 Å². The molecule has 0 aliphatic carbocycles. The number of carbonyl (C=O) groups excluding carboxylic acids is 1. The van der Waals surface area contributed by atoms with E-state index in [1.807, 2.05) is 17.5 Å². The molecule has 2 atom stereocenters. The number of ether oxygens (including phenoxy) is 1. The molecule has 0 saturated carbocycles. The fourth-order valence-corrected chi connectivity index (χ4v) is 2.61. The molecule has 0 radical (unpaired) electrons. The molecule has 1 aromatic heterocycles. The average Bonchev–Trinajstić information content (AvgIpc) is 2.74. The minimum atomic E-state index is -1.04. The number of carboxylic acid groups (broad SMARTS) is 1. The lowest BCUT2D eigenvalue weighted by molar-refractivity contribution is -0.171. The van der Waals surface area contributed by atoms with Crippen molar-refractivity contribution in [2.24, 2.45) is 0 Å². The van der Waals surface area contributed by atoms with Crippen molar-refractivity contribution in [2.75, 3.05) is 13.7 Å². The maximum absolute atomic E-state index is 11.5. The van der Waals surface area contributed by atoms with Gasteiger partial charge >= 0.3 is 5.97 Å². The van der Waals surface area contributed by atoms with Crippen molar-refractivity contribution in [3.05, 3.63) is 22.4 Å². The Bertz CT molecular complexity index is 403. The second kappa shape index (κ2) is 4.23. The van der Waals surface area contributed by atoms with Crippen LogP contribution in [0.25, 0.3) is 0 Å². The van der Waals surface area contributed by atoms with E-state index in [0.29, 0.717) is 0 Å². The van der Waals surface area contributed by atoms with Crippen molar-refractivity contribution in [3.8, 4) is 0 Å². The van der Waals surface area contributed by atoms with E-state index < -0.39 is 18.1 Å². The van der Waals surface area contributed by atoms with Gasteiger partial charge in [-0.05, 0) is 11.4 Å². The molecular formula is C10H11NO4S. The van der Waals surface area contributed by atoms with Gasteiger partial charge in [-0.2, -0.15) is 0 Å². The maximum Gasteiger partial charge on any atom is 0.335 e. The van der Waals surface area contributed by atoms with Crippen molar-refractivity contribution in [1.82, 2.24) is 4.90 Å². The zero-order valence-corrected chi connectivity index (χ0v) is 9.44. The third-order valence-corrected chi connectivity index (χ3v) is 3.50. The van der Waals surface area contributed by atoms with Crippen LogP contribution in [0.2, 0.25) is 0 Å². The first-order valence-electron chi connectivity index (χ1n) is 4.74. The van der Waals surface area contributed by atoms with E-state index in [0.717, 1.165) is 4.88 Å². The van der Waals surface area contributed by atoms with Crippen molar-refractivity contribution >= 4 is 23.2 Å². The monoisotopic (exact) mass is 241 g/mol. The van der Waals surface area contributed by atoms with Crippen molar-refractivity contribution in [3.63, 3.8) is 0 Å². The molecule has 0 spiro atoms. The highest BCUT2D eigenvalue weighted by Gasteiger charge is 2.40. The van der Waals surface area contributed by atoms with E-state index in [9.17, 15) is 9.59 Å². The number of rotatable bonds is 2. The van der Waals surface area contributed by atoms with Crippen molar-refractivity contribution in [2.45, 2.75) is 12.1 Å². The van der Waals surface area contributed by atoms with Crippen LogP contribution < -0.4 is 0 Å². The fraction of sp³-hybridized carbons (Fsp3) is 0.400. The Morgan fingerprint density at radius 3 is 3.00 bits per heavy atom. The minimum Gasteiger partial charge on any atom is -0.479 e. The number of hydrogen-bond acceptors (Lipinski definition) is 4. The fourth-order valence-electron chi connectivity index (χ4n) is 1.72. The first kappa shape index (κ1) is 11.1. The quantitative estimate of drug-likeness (QED) is 0.829. The minimum absolute atomic E-state index is 0.171. The highest BCUT2D eigenvalue weighted by Crippen LogP contribution is 2.31. The van der Waals surface area contributed by atoms with Crippen molar-refractivity contribution in [1.29, 1.82) is 0 Å². The molecule has 1 amide bonds. The third kappa shape index (κ3) is 1.81. The second-order valence-corrected chi connectivity index (χ2v) is 4.51. The average molecular weight is 241 g/mol. The number of carbonyl (C=O) groups is 2. The molecule has 1 fully saturated rings. The van der Waals surface area contributed by atoms with Crippen LogP contribution in [0.4, 0.5) is 0 Å².